The first-order valence-electron chi connectivity index (χ1n) is 6.37. The molecule has 1 N–H and O–H groups in total. The average Bonchev–Trinajstić information content (AvgIpc) is 2.37. The summed E-state index contributed by atoms with van der Waals surface area (Å²) in [6.45, 7) is 3.78. The van der Waals surface area contributed by atoms with Gasteiger partial charge in [-0.15, -0.1) is 0 Å². The maximum Gasteiger partial charge on any atom is 0.244 e. The Morgan fingerprint density at radius 2 is 2.39 bits per heavy atom. The Kier molecular flexibility index (Phi) is 4.72. The van der Waals surface area contributed by atoms with E-state index in [1.54, 1.807) is 12.4 Å². The average molecular weight is 312 g/mol. The van der Waals surface area contributed by atoms with Gasteiger partial charge in [0.05, 0.1) is 17.9 Å². The lowest BCUT2D eigenvalue weighted by atomic mass is 10.0. The lowest BCUT2D eigenvalue weighted by Crippen LogP contribution is -2.51. The monoisotopic (exact) mass is 311 g/mol. The van der Waals surface area contributed by atoms with Crippen LogP contribution in [-0.4, -0.2) is 30.0 Å². The summed E-state index contributed by atoms with van der Waals surface area (Å²) in [5.41, 5.74) is 0.873. The molecule has 1 saturated heterocycles. The van der Waals surface area contributed by atoms with E-state index in [0.29, 0.717) is 0 Å². The number of hydrogen-bond donors (Lipinski definition) is 1. The fourth-order valence-electron chi connectivity index (χ4n) is 2.19. The standard InChI is InChI=1S/C13H18BrN3O/c1-2-5-16-12-4-3-6-17(13(12)18)11-7-10(14)8-15-9-11/h7-9,12,16H,2-6H2,1H3. The highest BCUT2D eigenvalue weighted by atomic mass is 79.9. The Labute approximate surface area is 116 Å². The molecule has 1 aliphatic heterocycles. The number of carbonyl (C=O) groups excluding carboxylic acids is 1. The summed E-state index contributed by atoms with van der Waals surface area (Å²) in [7, 11) is 0. The Bertz CT molecular complexity index is 424. The molecule has 1 aliphatic rings. The van der Waals surface area contributed by atoms with Crippen LogP contribution in [0.5, 0.6) is 0 Å². The fraction of sp³-hybridized carbons (Fsp3) is 0.538. The number of hydrogen-bond acceptors (Lipinski definition) is 3. The van der Waals surface area contributed by atoms with E-state index in [0.717, 1.165) is 42.5 Å². The van der Waals surface area contributed by atoms with E-state index in [9.17, 15) is 4.79 Å². The molecule has 0 radical (unpaired) electrons. The molecule has 0 bridgehead atoms. The van der Waals surface area contributed by atoms with Crippen molar-refractivity contribution in [2.75, 3.05) is 18.0 Å². The van der Waals surface area contributed by atoms with Gasteiger partial charge in [-0.1, -0.05) is 6.92 Å². The molecule has 0 aliphatic carbocycles. The summed E-state index contributed by atoms with van der Waals surface area (Å²) < 4.78 is 0.899. The highest BCUT2D eigenvalue weighted by molar-refractivity contribution is 9.10. The van der Waals surface area contributed by atoms with Gasteiger partial charge in [-0.25, -0.2) is 0 Å². The molecule has 2 rings (SSSR count). The van der Waals surface area contributed by atoms with Crippen LogP contribution in [0.4, 0.5) is 5.69 Å². The highest BCUT2D eigenvalue weighted by Gasteiger charge is 2.29. The van der Waals surface area contributed by atoms with Gasteiger partial charge >= 0.3 is 0 Å². The van der Waals surface area contributed by atoms with Gasteiger partial charge in [0, 0.05) is 17.2 Å². The number of nitrogens with zero attached hydrogens (tertiary/aromatic N) is 2. The van der Waals surface area contributed by atoms with E-state index >= 15 is 0 Å². The predicted molar refractivity (Wildman–Crippen MR) is 75.6 cm³/mol. The van der Waals surface area contributed by atoms with E-state index < -0.39 is 0 Å². The predicted octanol–water partition coefficient (Wildman–Crippen LogP) is 2.34. The molecule has 98 valence electrons. The zero-order valence-electron chi connectivity index (χ0n) is 10.5. The van der Waals surface area contributed by atoms with Gasteiger partial charge in [-0.2, -0.15) is 0 Å². The number of piperidine rings is 1. The van der Waals surface area contributed by atoms with Gasteiger partial charge in [0.1, 0.15) is 0 Å². The largest absolute Gasteiger partial charge is 0.310 e. The first kappa shape index (κ1) is 13.5. The lowest BCUT2D eigenvalue weighted by molar-refractivity contribution is -0.121. The van der Waals surface area contributed by atoms with Gasteiger partial charge in [0.25, 0.3) is 0 Å². The molecule has 1 aromatic heterocycles. The van der Waals surface area contributed by atoms with Crippen LogP contribution >= 0.6 is 15.9 Å². The molecule has 1 unspecified atom stereocenters. The zero-order chi connectivity index (χ0) is 13.0. The molecule has 0 saturated carbocycles. The third-order valence-electron chi connectivity index (χ3n) is 3.08. The molecule has 1 atom stereocenters. The summed E-state index contributed by atoms with van der Waals surface area (Å²) in [6, 6.07) is 1.89. The first-order valence-corrected chi connectivity index (χ1v) is 7.17. The SMILES string of the molecule is CCCNC1CCCN(c2cncc(Br)c2)C1=O. The van der Waals surface area contributed by atoms with Crippen LogP contribution in [0.1, 0.15) is 26.2 Å². The van der Waals surface area contributed by atoms with Crippen LogP contribution in [0, 0.1) is 0 Å². The molecule has 1 amide bonds. The second-order valence-electron chi connectivity index (χ2n) is 4.50. The molecule has 1 aromatic rings. The number of aromatic nitrogens is 1. The minimum absolute atomic E-state index is 0.0438. The van der Waals surface area contributed by atoms with Gasteiger partial charge in [-0.3, -0.25) is 9.78 Å². The second-order valence-corrected chi connectivity index (χ2v) is 5.42. The number of anilines is 1. The smallest absolute Gasteiger partial charge is 0.244 e. The maximum absolute atomic E-state index is 12.4. The van der Waals surface area contributed by atoms with E-state index in [-0.39, 0.29) is 11.9 Å². The Morgan fingerprint density at radius 1 is 1.56 bits per heavy atom. The summed E-state index contributed by atoms with van der Waals surface area (Å²) in [4.78, 5) is 18.3. The summed E-state index contributed by atoms with van der Waals surface area (Å²) >= 11 is 3.39. The van der Waals surface area contributed by atoms with Crippen LogP contribution in [0.3, 0.4) is 0 Å². The lowest BCUT2D eigenvalue weighted by Gasteiger charge is -2.32. The molecule has 18 heavy (non-hydrogen) atoms. The topological polar surface area (TPSA) is 45.2 Å². The number of halogens is 1. The molecular weight excluding hydrogens is 294 g/mol. The van der Waals surface area contributed by atoms with Crippen molar-refractivity contribution in [2.24, 2.45) is 0 Å². The number of carbonyl (C=O) groups is 1. The van der Waals surface area contributed by atoms with Crippen molar-refractivity contribution in [3.63, 3.8) is 0 Å². The van der Waals surface area contributed by atoms with Gasteiger partial charge in [0.15, 0.2) is 0 Å². The zero-order valence-corrected chi connectivity index (χ0v) is 12.1. The van der Waals surface area contributed by atoms with Crippen molar-refractivity contribution in [1.29, 1.82) is 0 Å². The molecule has 4 nitrogen and oxygen atoms in total. The number of rotatable bonds is 4. The van der Waals surface area contributed by atoms with Gasteiger partial charge < -0.3 is 10.2 Å². The summed E-state index contributed by atoms with van der Waals surface area (Å²) in [5, 5.41) is 3.31. The van der Waals surface area contributed by atoms with E-state index in [1.807, 2.05) is 11.0 Å². The Hall–Kier alpha value is -0.940. The second kappa shape index (κ2) is 6.29. The van der Waals surface area contributed by atoms with Crippen LogP contribution in [0.25, 0.3) is 0 Å². The first-order chi connectivity index (χ1) is 8.72. The minimum atomic E-state index is -0.0438. The van der Waals surface area contributed by atoms with E-state index in [2.05, 4.69) is 33.2 Å². The summed E-state index contributed by atoms with van der Waals surface area (Å²) in [6.07, 6.45) is 6.47. The van der Waals surface area contributed by atoms with E-state index in [4.69, 9.17) is 0 Å². The summed E-state index contributed by atoms with van der Waals surface area (Å²) in [5.74, 6) is 0.162. The van der Waals surface area contributed by atoms with E-state index in [1.165, 1.54) is 0 Å². The number of pyridine rings is 1. The minimum Gasteiger partial charge on any atom is -0.310 e. The Morgan fingerprint density at radius 3 is 3.11 bits per heavy atom. The van der Waals surface area contributed by atoms with Crippen LogP contribution < -0.4 is 10.2 Å². The van der Waals surface area contributed by atoms with Crippen molar-refractivity contribution >= 4 is 27.5 Å². The maximum atomic E-state index is 12.4. The number of amides is 1. The number of nitrogens with one attached hydrogen (secondary N) is 1. The normalized spacial score (nSPS) is 20.2. The van der Waals surface area contributed by atoms with Crippen molar-refractivity contribution in [3.8, 4) is 0 Å². The fourth-order valence-corrected chi connectivity index (χ4v) is 2.54. The third-order valence-corrected chi connectivity index (χ3v) is 3.52. The third kappa shape index (κ3) is 3.09. The van der Waals surface area contributed by atoms with Crippen LogP contribution in [0.15, 0.2) is 22.9 Å². The van der Waals surface area contributed by atoms with Crippen LogP contribution in [0.2, 0.25) is 0 Å². The van der Waals surface area contributed by atoms with Crippen LogP contribution in [-0.2, 0) is 4.79 Å². The molecule has 2 heterocycles. The molecule has 0 spiro atoms. The highest BCUT2D eigenvalue weighted by Crippen LogP contribution is 2.23. The molecule has 5 heteroatoms. The van der Waals surface area contributed by atoms with Crippen molar-refractivity contribution in [3.05, 3.63) is 22.9 Å². The van der Waals surface area contributed by atoms with Gasteiger partial charge in [-0.05, 0) is 47.8 Å². The molecule has 1 fully saturated rings. The Balaban J connectivity index is 2.11. The van der Waals surface area contributed by atoms with Gasteiger partial charge in [0.2, 0.25) is 5.91 Å². The molecular formula is C13H18BrN3O. The quantitative estimate of drug-likeness (QED) is 0.928. The van der Waals surface area contributed by atoms with Crippen molar-refractivity contribution in [1.82, 2.24) is 10.3 Å². The van der Waals surface area contributed by atoms with Crippen molar-refractivity contribution < 1.29 is 4.79 Å². The molecule has 0 aromatic carbocycles. The van der Waals surface area contributed by atoms with Crippen molar-refractivity contribution in [2.45, 2.75) is 32.2 Å².